The molecule has 0 aliphatic heterocycles. The van der Waals surface area contributed by atoms with Crippen LogP contribution in [0.15, 0.2) is 36.7 Å². The highest BCUT2D eigenvalue weighted by Crippen LogP contribution is 2.23. The Kier molecular flexibility index (Phi) is 3.46. The van der Waals surface area contributed by atoms with Crippen LogP contribution in [0.25, 0.3) is 17.0 Å². The standard InChI is InChI=1S/C14H16N2O2/c1-11(2)9-15-10-12(7-8-16(17)18)13-5-3-4-6-14(13)15/h3-8,10-11H,9H2,1-2H3/b8-7+. The lowest BCUT2D eigenvalue weighted by atomic mass is 10.2. The van der Waals surface area contributed by atoms with Gasteiger partial charge in [0.2, 0.25) is 6.20 Å². The van der Waals surface area contributed by atoms with Gasteiger partial charge in [0, 0.05) is 35.3 Å². The molecule has 4 heteroatoms. The topological polar surface area (TPSA) is 48.1 Å². The molecule has 0 amide bonds. The fourth-order valence-corrected chi connectivity index (χ4v) is 2.09. The van der Waals surface area contributed by atoms with Crippen LogP contribution in [0.4, 0.5) is 0 Å². The Bertz CT molecular complexity index is 597. The predicted molar refractivity (Wildman–Crippen MR) is 72.8 cm³/mol. The van der Waals surface area contributed by atoms with Crippen molar-refractivity contribution in [3.8, 4) is 0 Å². The summed E-state index contributed by atoms with van der Waals surface area (Å²) in [5, 5.41) is 11.5. The Morgan fingerprint density at radius 3 is 2.78 bits per heavy atom. The lowest BCUT2D eigenvalue weighted by molar-refractivity contribution is -0.400. The highest BCUT2D eigenvalue weighted by Gasteiger charge is 2.07. The van der Waals surface area contributed by atoms with E-state index in [1.54, 1.807) is 6.08 Å². The average Bonchev–Trinajstić information content (AvgIpc) is 2.65. The highest BCUT2D eigenvalue weighted by molar-refractivity contribution is 5.89. The molecule has 2 rings (SSSR count). The zero-order valence-electron chi connectivity index (χ0n) is 10.5. The molecule has 1 aromatic carbocycles. The molecule has 1 heterocycles. The Morgan fingerprint density at radius 1 is 1.39 bits per heavy atom. The normalized spacial score (nSPS) is 11.7. The third-order valence-corrected chi connectivity index (χ3v) is 2.76. The Hall–Kier alpha value is -2.10. The molecule has 0 atom stereocenters. The molecule has 0 bridgehead atoms. The molecule has 2 aromatic rings. The van der Waals surface area contributed by atoms with E-state index in [4.69, 9.17) is 0 Å². The van der Waals surface area contributed by atoms with Crippen LogP contribution in [0.2, 0.25) is 0 Å². The minimum atomic E-state index is -0.436. The molecular formula is C14H16N2O2. The van der Waals surface area contributed by atoms with Gasteiger partial charge in [-0.1, -0.05) is 32.0 Å². The van der Waals surface area contributed by atoms with Gasteiger partial charge in [-0.15, -0.1) is 0 Å². The van der Waals surface area contributed by atoms with E-state index < -0.39 is 4.92 Å². The van der Waals surface area contributed by atoms with Crippen LogP contribution >= 0.6 is 0 Å². The number of rotatable bonds is 4. The maximum Gasteiger partial charge on any atom is 0.235 e. The molecule has 0 unspecified atom stereocenters. The van der Waals surface area contributed by atoms with Gasteiger partial charge in [-0.05, 0) is 12.0 Å². The van der Waals surface area contributed by atoms with Crippen LogP contribution in [-0.4, -0.2) is 9.49 Å². The van der Waals surface area contributed by atoms with Crippen LogP contribution in [0, 0.1) is 16.0 Å². The summed E-state index contributed by atoms with van der Waals surface area (Å²) in [4.78, 5) is 9.97. The van der Waals surface area contributed by atoms with Gasteiger partial charge < -0.3 is 4.57 Å². The van der Waals surface area contributed by atoms with Gasteiger partial charge >= 0.3 is 0 Å². The zero-order chi connectivity index (χ0) is 13.1. The molecule has 94 valence electrons. The molecule has 0 N–H and O–H groups in total. The van der Waals surface area contributed by atoms with Crippen molar-refractivity contribution in [2.45, 2.75) is 20.4 Å². The molecule has 0 saturated heterocycles. The van der Waals surface area contributed by atoms with E-state index in [1.165, 1.54) is 0 Å². The molecule has 4 nitrogen and oxygen atoms in total. The number of aromatic nitrogens is 1. The van der Waals surface area contributed by atoms with E-state index in [-0.39, 0.29) is 0 Å². The number of benzene rings is 1. The van der Waals surface area contributed by atoms with E-state index in [0.717, 1.165) is 29.2 Å². The van der Waals surface area contributed by atoms with Gasteiger partial charge in [0.25, 0.3) is 0 Å². The second-order valence-corrected chi connectivity index (χ2v) is 4.75. The quantitative estimate of drug-likeness (QED) is 0.610. The lowest BCUT2D eigenvalue weighted by Gasteiger charge is -2.07. The fourth-order valence-electron chi connectivity index (χ4n) is 2.09. The van der Waals surface area contributed by atoms with Crippen molar-refractivity contribution >= 4 is 17.0 Å². The summed E-state index contributed by atoms with van der Waals surface area (Å²) in [6.45, 7) is 5.22. The number of nitro groups is 1. The first-order chi connectivity index (χ1) is 8.58. The maximum atomic E-state index is 10.4. The molecule has 0 saturated carbocycles. The van der Waals surface area contributed by atoms with Gasteiger partial charge in [0.1, 0.15) is 0 Å². The first-order valence-electron chi connectivity index (χ1n) is 5.97. The van der Waals surface area contributed by atoms with Crippen molar-refractivity contribution in [3.05, 3.63) is 52.3 Å². The monoisotopic (exact) mass is 244 g/mol. The summed E-state index contributed by atoms with van der Waals surface area (Å²) >= 11 is 0. The number of hydrogen-bond acceptors (Lipinski definition) is 2. The number of hydrogen-bond donors (Lipinski definition) is 0. The lowest BCUT2D eigenvalue weighted by Crippen LogP contribution is -2.02. The summed E-state index contributed by atoms with van der Waals surface area (Å²) in [5.74, 6) is 0.535. The molecule has 0 radical (unpaired) electrons. The smallest absolute Gasteiger partial charge is 0.235 e. The van der Waals surface area contributed by atoms with Gasteiger partial charge in [-0.25, -0.2) is 0 Å². The second kappa shape index (κ2) is 5.04. The minimum absolute atomic E-state index is 0.436. The van der Waals surface area contributed by atoms with E-state index in [2.05, 4.69) is 18.4 Å². The van der Waals surface area contributed by atoms with Crippen molar-refractivity contribution in [1.29, 1.82) is 0 Å². The Morgan fingerprint density at radius 2 is 2.11 bits per heavy atom. The maximum absolute atomic E-state index is 10.4. The van der Waals surface area contributed by atoms with Crippen LogP contribution in [0.1, 0.15) is 19.4 Å². The summed E-state index contributed by atoms with van der Waals surface area (Å²) in [6, 6.07) is 7.97. The Labute approximate surface area is 106 Å². The summed E-state index contributed by atoms with van der Waals surface area (Å²) in [6.07, 6.45) is 4.52. The largest absolute Gasteiger partial charge is 0.347 e. The highest BCUT2D eigenvalue weighted by atomic mass is 16.6. The third-order valence-electron chi connectivity index (χ3n) is 2.76. The number of para-hydroxylation sites is 1. The fraction of sp³-hybridized carbons (Fsp3) is 0.286. The van der Waals surface area contributed by atoms with Crippen molar-refractivity contribution in [2.75, 3.05) is 0 Å². The van der Waals surface area contributed by atoms with E-state index in [0.29, 0.717) is 5.92 Å². The third kappa shape index (κ3) is 2.59. The van der Waals surface area contributed by atoms with Gasteiger partial charge in [0.05, 0.1) is 4.92 Å². The first-order valence-corrected chi connectivity index (χ1v) is 5.97. The second-order valence-electron chi connectivity index (χ2n) is 4.75. The van der Waals surface area contributed by atoms with Crippen LogP contribution in [0.3, 0.4) is 0 Å². The zero-order valence-corrected chi connectivity index (χ0v) is 10.5. The Balaban J connectivity index is 2.50. The van der Waals surface area contributed by atoms with Gasteiger partial charge in [-0.3, -0.25) is 10.1 Å². The average molecular weight is 244 g/mol. The van der Waals surface area contributed by atoms with Gasteiger partial charge in [-0.2, -0.15) is 0 Å². The predicted octanol–water partition coefficient (Wildman–Crippen LogP) is 3.54. The molecule has 0 aliphatic carbocycles. The molecule has 0 fully saturated rings. The van der Waals surface area contributed by atoms with Crippen molar-refractivity contribution in [3.63, 3.8) is 0 Å². The molecule has 18 heavy (non-hydrogen) atoms. The van der Waals surface area contributed by atoms with E-state index in [1.807, 2.05) is 30.5 Å². The number of fused-ring (bicyclic) bond motifs is 1. The summed E-state index contributed by atoms with van der Waals surface area (Å²) in [7, 11) is 0. The molecule has 0 spiro atoms. The SMILES string of the molecule is CC(C)Cn1cc(/C=C/[N+](=O)[O-])c2ccccc21. The number of nitrogens with zero attached hydrogens (tertiary/aromatic N) is 2. The minimum Gasteiger partial charge on any atom is -0.347 e. The molecular weight excluding hydrogens is 228 g/mol. The summed E-state index contributed by atoms with van der Waals surface area (Å²) in [5.41, 5.74) is 2.01. The van der Waals surface area contributed by atoms with Crippen LogP contribution < -0.4 is 0 Å². The molecule has 1 aromatic heterocycles. The van der Waals surface area contributed by atoms with Crippen molar-refractivity contribution in [1.82, 2.24) is 4.57 Å². The van der Waals surface area contributed by atoms with Crippen LogP contribution in [0.5, 0.6) is 0 Å². The van der Waals surface area contributed by atoms with Crippen LogP contribution in [-0.2, 0) is 6.54 Å². The van der Waals surface area contributed by atoms with Crippen molar-refractivity contribution in [2.24, 2.45) is 5.92 Å². The van der Waals surface area contributed by atoms with E-state index >= 15 is 0 Å². The van der Waals surface area contributed by atoms with Crippen molar-refractivity contribution < 1.29 is 4.92 Å². The van der Waals surface area contributed by atoms with E-state index in [9.17, 15) is 10.1 Å². The summed E-state index contributed by atoms with van der Waals surface area (Å²) < 4.78 is 2.15. The first kappa shape index (κ1) is 12.4. The van der Waals surface area contributed by atoms with Gasteiger partial charge in [0.15, 0.2) is 0 Å². The molecule has 0 aliphatic rings.